The summed E-state index contributed by atoms with van der Waals surface area (Å²) >= 11 is 15.7. The lowest BCUT2D eigenvalue weighted by molar-refractivity contribution is -0.690. The highest BCUT2D eigenvalue weighted by Gasteiger charge is 2.29. The zero-order chi connectivity index (χ0) is 18.3. The van der Waals surface area contributed by atoms with E-state index in [9.17, 15) is 4.79 Å². The fourth-order valence-corrected chi connectivity index (χ4v) is 3.96. The third-order valence-corrected chi connectivity index (χ3v) is 5.96. The fraction of sp³-hybridized carbons (Fsp3) is 0.200. The van der Waals surface area contributed by atoms with E-state index in [-0.39, 0.29) is 22.8 Å². The maximum Gasteiger partial charge on any atom is 0.257 e. The molecule has 0 saturated carbocycles. The van der Waals surface area contributed by atoms with Gasteiger partial charge in [-0.15, -0.1) is 17.0 Å². The molecular weight excluding hydrogens is 515 g/mol. The third kappa shape index (κ3) is 4.16. The minimum absolute atomic E-state index is 0. The number of Topliss-reactive ketones (excluding diaryl/α,β-unsaturated/α-hetero) is 1. The molecule has 0 amide bonds. The van der Waals surface area contributed by atoms with Gasteiger partial charge >= 0.3 is 0 Å². The van der Waals surface area contributed by atoms with E-state index in [1.54, 1.807) is 6.07 Å². The van der Waals surface area contributed by atoms with Gasteiger partial charge in [0, 0.05) is 15.6 Å². The number of hydrogen-bond acceptors (Lipinski definition) is 1. The van der Waals surface area contributed by atoms with Crippen molar-refractivity contribution in [2.75, 3.05) is 0 Å². The smallest absolute Gasteiger partial charge is 0.257 e. The van der Waals surface area contributed by atoms with Crippen LogP contribution in [0.25, 0.3) is 11.3 Å². The molecule has 140 valence electrons. The van der Waals surface area contributed by atoms with Crippen LogP contribution in [0.1, 0.15) is 22.6 Å². The molecule has 0 aliphatic carbocycles. The Bertz CT molecular complexity index is 1000. The van der Waals surface area contributed by atoms with E-state index in [1.165, 1.54) is 5.82 Å². The number of halogens is 4. The van der Waals surface area contributed by atoms with Gasteiger partial charge in [0.05, 0.1) is 23.0 Å². The van der Waals surface area contributed by atoms with E-state index in [2.05, 4.69) is 31.3 Å². The fourth-order valence-electron chi connectivity index (χ4n) is 3.40. The Hall–Kier alpha value is -1.14. The molecule has 0 unspecified atom stereocenters. The first-order valence-corrected chi connectivity index (χ1v) is 9.94. The van der Waals surface area contributed by atoms with Crippen LogP contribution in [0.4, 0.5) is 0 Å². The summed E-state index contributed by atoms with van der Waals surface area (Å²) in [5.41, 5.74) is 2.66. The van der Waals surface area contributed by atoms with Gasteiger partial charge in [0.2, 0.25) is 5.78 Å². The summed E-state index contributed by atoms with van der Waals surface area (Å²) in [4.78, 5) is 12.8. The van der Waals surface area contributed by atoms with E-state index >= 15 is 0 Å². The topological polar surface area (TPSA) is 25.9 Å². The first-order chi connectivity index (χ1) is 12.5. The summed E-state index contributed by atoms with van der Waals surface area (Å²) < 4.78 is 5.30. The Morgan fingerprint density at radius 1 is 1.11 bits per heavy atom. The molecule has 1 aromatic heterocycles. The molecule has 1 aliphatic rings. The number of rotatable bonds is 4. The number of benzene rings is 2. The Labute approximate surface area is 186 Å². The molecular formula is C20H17Br2Cl2N2O+. The number of carbonyl (C=O) groups is 1. The van der Waals surface area contributed by atoms with Gasteiger partial charge in [-0.05, 0) is 36.8 Å². The standard InChI is InChI=1S/C20H16BrCl2N2O.BrH/c21-15-6-3-13(4-7-15)19(26)12-25-18(11-24-9-1-2-20(24)25)14-5-8-16(22)17(23)10-14;/h3-8,10-11H,1-2,9,12H2;1H/q+1;. The number of aryl methyl sites for hydroxylation is 1. The molecule has 0 spiro atoms. The van der Waals surface area contributed by atoms with Gasteiger partial charge in [0.25, 0.3) is 5.82 Å². The summed E-state index contributed by atoms with van der Waals surface area (Å²) in [6.45, 7) is 1.28. The van der Waals surface area contributed by atoms with Crippen molar-refractivity contribution in [3.05, 3.63) is 74.6 Å². The lowest BCUT2D eigenvalue weighted by Crippen LogP contribution is -2.31. The number of fused-ring (bicyclic) bond motifs is 1. The van der Waals surface area contributed by atoms with Crippen molar-refractivity contribution in [3.8, 4) is 11.3 Å². The Balaban J connectivity index is 0.00000210. The van der Waals surface area contributed by atoms with Crippen molar-refractivity contribution in [3.63, 3.8) is 0 Å². The number of nitrogens with zero attached hydrogens (tertiary/aromatic N) is 2. The highest BCUT2D eigenvalue weighted by molar-refractivity contribution is 9.10. The van der Waals surface area contributed by atoms with Crippen LogP contribution < -0.4 is 4.57 Å². The number of carbonyl (C=O) groups excluding carboxylic acids is 1. The predicted octanol–water partition coefficient (Wildman–Crippen LogP) is 5.92. The second-order valence-corrected chi connectivity index (χ2v) is 8.10. The number of imidazole rings is 1. The molecule has 2 aromatic carbocycles. The molecule has 3 nitrogen and oxygen atoms in total. The zero-order valence-electron chi connectivity index (χ0n) is 14.3. The van der Waals surface area contributed by atoms with Crippen LogP contribution >= 0.6 is 56.1 Å². The predicted molar refractivity (Wildman–Crippen MR) is 117 cm³/mol. The lowest BCUT2D eigenvalue weighted by atomic mass is 10.1. The molecule has 0 radical (unpaired) electrons. The van der Waals surface area contributed by atoms with Crippen molar-refractivity contribution in [2.24, 2.45) is 0 Å². The molecule has 0 fully saturated rings. The average molecular weight is 532 g/mol. The van der Waals surface area contributed by atoms with Crippen LogP contribution in [0.3, 0.4) is 0 Å². The van der Waals surface area contributed by atoms with Crippen molar-refractivity contribution in [1.29, 1.82) is 0 Å². The summed E-state index contributed by atoms with van der Waals surface area (Å²) in [6.07, 6.45) is 4.18. The zero-order valence-corrected chi connectivity index (χ0v) is 19.1. The van der Waals surface area contributed by atoms with E-state index in [0.29, 0.717) is 22.2 Å². The molecule has 4 rings (SSSR count). The van der Waals surface area contributed by atoms with Crippen molar-refractivity contribution in [2.45, 2.75) is 25.9 Å². The lowest BCUT2D eigenvalue weighted by Gasteiger charge is -2.06. The van der Waals surface area contributed by atoms with Gasteiger partial charge < -0.3 is 0 Å². The molecule has 0 saturated heterocycles. The van der Waals surface area contributed by atoms with Gasteiger partial charge in [-0.3, -0.25) is 4.79 Å². The maximum atomic E-state index is 12.8. The largest absolute Gasteiger partial charge is 0.290 e. The van der Waals surface area contributed by atoms with Crippen molar-refractivity contribution in [1.82, 2.24) is 4.57 Å². The molecule has 7 heteroatoms. The molecule has 1 aliphatic heterocycles. The quantitative estimate of drug-likeness (QED) is 0.303. The highest BCUT2D eigenvalue weighted by Crippen LogP contribution is 2.30. The molecule has 0 bridgehead atoms. The maximum absolute atomic E-state index is 12.8. The van der Waals surface area contributed by atoms with Gasteiger partial charge in [-0.25, -0.2) is 9.13 Å². The van der Waals surface area contributed by atoms with Crippen LogP contribution in [0.2, 0.25) is 10.0 Å². The second kappa shape index (κ2) is 8.48. The van der Waals surface area contributed by atoms with E-state index < -0.39 is 0 Å². The highest BCUT2D eigenvalue weighted by atomic mass is 79.9. The summed E-state index contributed by atoms with van der Waals surface area (Å²) in [5, 5.41) is 1.04. The monoisotopic (exact) mass is 529 g/mol. The van der Waals surface area contributed by atoms with E-state index in [1.807, 2.05) is 36.4 Å². The average Bonchev–Trinajstić information content (AvgIpc) is 3.20. The van der Waals surface area contributed by atoms with Crippen LogP contribution in [0.5, 0.6) is 0 Å². The minimum atomic E-state index is 0. The summed E-state index contributed by atoms with van der Waals surface area (Å²) in [5.74, 6) is 1.27. The van der Waals surface area contributed by atoms with Crippen molar-refractivity contribution >= 4 is 61.9 Å². The molecule has 27 heavy (non-hydrogen) atoms. The SMILES string of the molecule is Br.O=C(Cn1c(-c2ccc(Cl)c(Cl)c2)c[n+]2c1CCC2)c1ccc(Br)cc1. The van der Waals surface area contributed by atoms with Gasteiger partial charge in [-0.2, -0.15) is 0 Å². The normalized spacial score (nSPS) is 12.6. The third-order valence-electron chi connectivity index (χ3n) is 4.69. The van der Waals surface area contributed by atoms with E-state index in [4.69, 9.17) is 23.2 Å². The van der Waals surface area contributed by atoms with Gasteiger partial charge in [0.15, 0.2) is 12.2 Å². The first kappa shape index (κ1) is 20.6. The van der Waals surface area contributed by atoms with Crippen LogP contribution in [0, 0.1) is 0 Å². The first-order valence-electron chi connectivity index (χ1n) is 8.39. The minimum Gasteiger partial charge on any atom is -0.290 e. The van der Waals surface area contributed by atoms with Crippen LogP contribution in [-0.4, -0.2) is 10.4 Å². The Morgan fingerprint density at radius 3 is 2.56 bits per heavy atom. The number of aromatic nitrogens is 2. The number of ketones is 1. The Morgan fingerprint density at radius 2 is 1.85 bits per heavy atom. The van der Waals surface area contributed by atoms with Gasteiger partial charge in [0.1, 0.15) is 6.20 Å². The molecule has 2 heterocycles. The van der Waals surface area contributed by atoms with Gasteiger partial charge in [-0.1, -0.05) is 51.3 Å². The van der Waals surface area contributed by atoms with Crippen LogP contribution in [-0.2, 0) is 19.5 Å². The second-order valence-electron chi connectivity index (χ2n) is 6.37. The number of hydrogen-bond donors (Lipinski definition) is 0. The van der Waals surface area contributed by atoms with E-state index in [0.717, 1.165) is 35.1 Å². The van der Waals surface area contributed by atoms with Crippen LogP contribution in [0.15, 0.2) is 53.1 Å². The van der Waals surface area contributed by atoms with Crippen molar-refractivity contribution < 1.29 is 9.36 Å². The summed E-state index contributed by atoms with van der Waals surface area (Å²) in [7, 11) is 0. The molecule has 0 N–H and O–H groups in total. The summed E-state index contributed by atoms with van der Waals surface area (Å²) in [6, 6.07) is 13.1. The molecule has 0 atom stereocenters. The Kier molecular flexibility index (Phi) is 6.46. The molecule has 3 aromatic rings.